The van der Waals surface area contributed by atoms with Gasteiger partial charge < -0.3 is 0 Å². The maximum atomic E-state index is 12.2. The van der Waals surface area contributed by atoms with Crippen molar-refractivity contribution in [3.63, 3.8) is 0 Å². The summed E-state index contributed by atoms with van der Waals surface area (Å²) in [6.45, 7) is 1.92. The van der Waals surface area contributed by atoms with E-state index in [1.807, 2.05) is 31.2 Å². The molecule has 0 saturated carbocycles. The highest BCUT2D eigenvalue weighted by Crippen LogP contribution is 2.15. The molecule has 4 nitrogen and oxygen atoms in total. The summed E-state index contributed by atoms with van der Waals surface area (Å²) in [4.78, 5) is 16.6. The molecule has 3 aromatic rings. The number of hydrogen-bond acceptors (Lipinski definition) is 5. The summed E-state index contributed by atoms with van der Waals surface area (Å²) < 4.78 is 8.27. The third kappa shape index (κ3) is 2.51. The van der Waals surface area contributed by atoms with Crippen molar-refractivity contribution < 1.29 is 4.79 Å². The Hall–Kier alpha value is -2.14. The van der Waals surface area contributed by atoms with Crippen molar-refractivity contribution in [3.05, 3.63) is 53.3 Å². The molecule has 94 valence electrons. The van der Waals surface area contributed by atoms with Crippen LogP contribution in [0.3, 0.4) is 0 Å². The molecule has 2 aromatic heterocycles. The Morgan fingerprint density at radius 1 is 1.16 bits per heavy atom. The van der Waals surface area contributed by atoms with Crippen LogP contribution in [0.4, 0.5) is 0 Å². The molecule has 0 saturated heterocycles. The molecule has 19 heavy (non-hydrogen) atoms. The molecule has 0 radical (unpaired) electrons. The molecule has 2 heterocycles. The lowest BCUT2D eigenvalue weighted by atomic mass is 10.1. The molecule has 0 fully saturated rings. The standard InChI is InChI=1S/C14H11N3OS/c1-9-3-2-4-11(15-9)8-14(18)10-5-6-12-13(7-10)17-19-16-12/h2-7H,8H2,1H3. The number of aromatic nitrogens is 3. The number of carbonyl (C=O) groups is 1. The summed E-state index contributed by atoms with van der Waals surface area (Å²) in [5, 5.41) is 0. The van der Waals surface area contributed by atoms with E-state index in [9.17, 15) is 4.79 Å². The number of rotatable bonds is 3. The van der Waals surface area contributed by atoms with Gasteiger partial charge in [-0.05, 0) is 37.3 Å². The SMILES string of the molecule is Cc1cccc(CC(=O)c2ccc3nsnc3c2)n1. The first-order valence-corrected chi connectivity index (χ1v) is 6.63. The van der Waals surface area contributed by atoms with Crippen molar-refractivity contribution in [3.8, 4) is 0 Å². The second-order valence-electron chi connectivity index (χ2n) is 4.34. The second kappa shape index (κ2) is 4.85. The number of pyridine rings is 1. The Labute approximate surface area is 114 Å². The summed E-state index contributed by atoms with van der Waals surface area (Å²) in [5.41, 5.74) is 3.97. The summed E-state index contributed by atoms with van der Waals surface area (Å²) in [5.74, 6) is 0.0491. The Kier molecular flexibility index (Phi) is 3.05. The van der Waals surface area contributed by atoms with E-state index in [2.05, 4.69) is 13.7 Å². The molecule has 0 unspecified atom stereocenters. The summed E-state index contributed by atoms with van der Waals surface area (Å²) in [6.07, 6.45) is 0.310. The quantitative estimate of drug-likeness (QED) is 0.686. The number of benzene rings is 1. The number of nitrogens with zero attached hydrogens (tertiary/aromatic N) is 3. The van der Waals surface area contributed by atoms with Gasteiger partial charge >= 0.3 is 0 Å². The van der Waals surface area contributed by atoms with Gasteiger partial charge in [-0.1, -0.05) is 6.07 Å². The van der Waals surface area contributed by atoms with Crippen LogP contribution in [0.25, 0.3) is 11.0 Å². The molecule has 5 heteroatoms. The lowest BCUT2D eigenvalue weighted by Gasteiger charge is -2.02. The van der Waals surface area contributed by atoms with E-state index in [0.717, 1.165) is 34.1 Å². The number of carbonyl (C=O) groups excluding carboxylic acids is 1. The van der Waals surface area contributed by atoms with Crippen LogP contribution in [-0.4, -0.2) is 19.5 Å². The topological polar surface area (TPSA) is 55.7 Å². The van der Waals surface area contributed by atoms with Gasteiger partial charge in [0.2, 0.25) is 0 Å². The minimum atomic E-state index is 0.0491. The third-order valence-corrected chi connectivity index (χ3v) is 3.42. The molecular formula is C14H11N3OS. The fraction of sp³-hybridized carbons (Fsp3) is 0.143. The molecule has 0 N–H and O–H groups in total. The zero-order chi connectivity index (χ0) is 13.2. The Bertz CT molecular complexity index is 751. The van der Waals surface area contributed by atoms with E-state index >= 15 is 0 Å². The monoisotopic (exact) mass is 269 g/mol. The van der Waals surface area contributed by atoms with Gasteiger partial charge in [0.25, 0.3) is 0 Å². The number of aryl methyl sites for hydroxylation is 1. The molecule has 0 bridgehead atoms. The maximum absolute atomic E-state index is 12.2. The number of fused-ring (bicyclic) bond motifs is 1. The fourth-order valence-corrected chi connectivity index (χ4v) is 2.44. The van der Waals surface area contributed by atoms with Gasteiger partial charge in [0.05, 0.1) is 18.1 Å². The molecule has 0 aliphatic carbocycles. The summed E-state index contributed by atoms with van der Waals surface area (Å²) >= 11 is 1.16. The summed E-state index contributed by atoms with van der Waals surface area (Å²) in [6, 6.07) is 11.1. The van der Waals surface area contributed by atoms with E-state index in [1.165, 1.54) is 0 Å². The Balaban J connectivity index is 1.87. The normalized spacial score (nSPS) is 10.8. The molecule has 3 rings (SSSR count). The maximum Gasteiger partial charge on any atom is 0.168 e. The van der Waals surface area contributed by atoms with E-state index in [0.29, 0.717) is 12.0 Å². The Morgan fingerprint density at radius 3 is 2.84 bits per heavy atom. The van der Waals surface area contributed by atoms with E-state index in [4.69, 9.17) is 0 Å². The van der Waals surface area contributed by atoms with Crippen LogP contribution >= 0.6 is 11.7 Å². The third-order valence-electron chi connectivity index (χ3n) is 2.86. The van der Waals surface area contributed by atoms with Gasteiger partial charge in [0, 0.05) is 17.0 Å². The van der Waals surface area contributed by atoms with Gasteiger partial charge in [0.15, 0.2) is 5.78 Å². The predicted octanol–water partition coefficient (Wildman–Crippen LogP) is 2.82. The van der Waals surface area contributed by atoms with Crippen LogP contribution in [0.2, 0.25) is 0 Å². The lowest BCUT2D eigenvalue weighted by Crippen LogP contribution is -2.05. The van der Waals surface area contributed by atoms with Gasteiger partial charge in [-0.15, -0.1) is 0 Å². The fourth-order valence-electron chi connectivity index (χ4n) is 1.92. The van der Waals surface area contributed by atoms with Crippen LogP contribution in [0.1, 0.15) is 21.7 Å². The molecule has 0 amide bonds. The van der Waals surface area contributed by atoms with Crippen molar-refractivity contribution in [2.45, 2.75) is 13.3 Å². The van der Waals surface area contributed by atoms with Crippen LogP contribution < -0.4 is 0 Å². The van der Waals surface area contributed by atoms with Crippen molar-refractivity contribution in [1.82, 2.24) is 13.7 Å². The average Bonchev–Trinajstić information content (AvgIpc) is 2.85. The summed E-state index contributed by atoms with van der Waals surface area (Å²) in [7, 11) is 0. The first kappa shape index (κ1) is 11.9. The number of hydrogen-bond donors (Lipinski definition) is 0. The minimum absolute atomic E-state index is 0.0491. The highest BCUT2D eigenvalue weighted by atomic mass is 32.1. The largest absolute Gasteiger partial charge is 0.294 e. The average molecular weight is 269 g/mol. The molecule has 0 aliphatic rings. The van der Waals surface area contributed by atoms with Gasteiger partial charge in [-0.2, -0.15) is 8.75 Å². The molecule has 0 spiro atoms. The second-order valence-corrected chi connectivity index (χ2v) is 4.87. The van der Waals surface area contributed by atoms with Crippen LogP contribution in [-0.2, 0) is 6.42 Å². The first-order valence-electron chi connectivity index (χ1n) is 5.90. The van der Waals surface area contributed by atoms with Crippen LogP contribution in [0.5, 0.6) is 0 Å². The zero-order valence-corrected chi connectivity index (χ0v) is 11.1. The van der Waals surface area contributed by atoms with Crippen LogP contribution in [0.15, 0.2) is 36.4 Å². The van der Waals surface area contributed by atoms with Crippen molar-refractivity contribution in [2.24, 2.45) is 0 Å². The molecular weight excluding hydrogens is 258 g/mol. The number of ketones is 1. The van der Waals surface area contributed by atoms with Crippen molar-refractivity contribution in [1.29, 1.82) is 0 Å². The molecule has 0 aliphatic heterocycles. The van der Waals surface area contributed by atoms with E-state index < -0.39 is 0 Å². The minimum Gasteiger partial charge on any atom is -0.294 e. The van der Waals surface area contributed by atoms with Crippen molar-refractivity contribution >= 4 is 28.5 Å². The van der Waals surface area contributed by atoms with E-state index in [1.54, 1.807) is 12.1 Å². The predicted molar refractivity (Wildman–Crippen MR) is 74.4 cm³/mol. The number of Topliss-reactive ketones (excluding diaryl/α,β-unsaturated/α-hetero) is 1. The van der Waals surface area contributed by atoms with Crippen molar-refractivity contribution in [2.75, 3.05) is 0 Å². The highest BCUT2D eigenvalue weighted by molar-refractivity contribution is 7.00. The van der Waals surface area contributed by atoms with Gasteiger partial charge in [0.1, 0.15) is 11.0 Å². The first-order chi connectivity index (χ1) is 9.22. The molecule has 1 aromatic carbocycles. The highest BCUT2D eigenvalue weighted by Gasteiger charge is 2.10. The Morgan fingerprint density at radius 2 is 2.00 bits per heavy atom. The van der Waals surface area contributed by atoms with Gasteiger partial charge in [-0.3, -0.25) is 9.78 Å². The van der Waals surface area contributed by atoms with Crippen LogP contribution in [0, 0.1) is 6.92 Å². The molecule has 0 atom stereocenters. The lowest BCUT2D eigenvalue weighted by molar-refractivity contribution is 0.0992. The smallest absolute Gasteiger partial charge is 0.168 e. The van der Waals surface area contributed by atoms with E-state index in [-0.39, 0.29) is 5.78 Å². The van der Waals surface area contributed by atoms with Gasteiger partial charge in [-0.25, -0.2) is 0 Å². The zero-order valence-electron chi connectivity index (χ0n) is 10.3.